The van der Waals surface area contributed by atoms with E-state index < -0.39 is 29.1 Å². The maximum atomic E-state index is 13.0. The van der Waals surface area contributed by atoms with E-state index in [1.54, 1.807) is 45.0 Å². The van der Waals surface area contributed by atoms with E-state index in [1.165, 1.54) is 18.9 Å². The summed E-state index contributed by atoms with van der Waals surface area (Å²) < 4.78 is 10.2. The van der Waals surface area contributed by atoms with E-state index in [4.69, 9.17) is 9.47 Å². The molecule has 1 unspecified atom stereocenters. The molecule has 1 aliphatic heterocycles. The predicted octanol–water partition coefficient (Wildman–Crippen LogP) is 2.57. The first-order valence-corrected chi connectivity index (χ1v) is 8.64. The van der Waals surface area contributed by atoms with Crippen molar-refractivity contribution in [1.29, 1.82) is 0 Å². The predicted molar refractivity (Wildman–Crippen MR) is 98.2 cm³/mol. The third kappa shape index (κ3) is 4.36. The lowest BCUT2D eigenvalue weighted by atomic mass is 9.82. The van der Waals surface area contributed by atoms with Gasteiger partial charge in [0.2, 0.25) is 0 Å². The lowest BCUT2D eigenvalue weighted by molar-refractivity contribution is -0.132. The zero-order valence-corrected chi connectivity index (χ0v) is 16.2. The molecule has 0 aromatic heterocycles. The minimum atomic E-state index is -0.785. The van der Waals surface area contributed by atoms with Gasteiger partial charge in [-0.05, 0) is 17.7 Å². The van der Waals surface area contributed by atoms with Gasteiger partial charge in [-0.2, -0.15) is 0 Å². The molecule has 7 nitrogen and oxygen atoms in total. The van der Waals surface area contributed by atoms with Crippen molar-refractivity contribution in [2.45, 2.75) is 33.7 Å². The van der Waals surface area contributed by atoms with Crippen molar-refractivity contribution >= 4 is 17.7 Å². The molecule has 1 heterocycles. The fraction of sp³-hybridized carbons (Fsp3) is 0.450. The highest BCUT2D eigenvalue weighted by Crippen LogP contribution is 2.41. The second-order valence-electron chi connectivity index (χ2n) is 7.40. The van der Waals surface area contributed by atoms with E-state index in [1.807, 2.05) is 0 Å². The molecule has 0 fully saturated rings. The monoisotopic (exact) mass is 375 g/mol. The molecule has 1 amide bonds. The molecule has 1 aromatic rings. The molecule has 1 aliphatic rings. The van der Waals surface area contributed by atoms with Crippen LogP contribution in [0.3, 0.4) is 0 Å². The summed E-state index contributed by atoms with van der Waals surface area (Å²) in [6.45, 7) is 6.91. The molecule has 1 aromatic carbocycles. The Balaban J connectivity index is 2.56. The average Bonchev–Trinajstić information content (AvgIpc) is 2.82. The SMILES string of the molecule is COCCN1C(=O)C(O)=C(C(=O)C(C)(C)C)C1c1cccc(OC(C)=O)c1. The average molecular weight is 375 g/mol. The summed E-state index contributed by atoms with van der Waals surface area (Å²) in [6, 6.07) is 5.80. The first-order chi connectivity index (χ1) is 12.6. The number of rotatable bonds is 6. The molecule has 27 heavy (non-hydrogen) atoms. The summed E-state index contributed by atoms with van der Waals surface area (Å²) in [7, 11) is 1.51. The van der Waals surface area contributed by atoms with Crippen LogP contribution in [-0.4, -0.2) is 47.9 Å². The highest BCUT2D eigenvalue weighted by molar-refractivity contribution is 6.10. The Kier molecular flexibility index (Phi) is 6.05. The number of hydrogen-bond acceptors (Lipinski definition) is 6. The third-order valence-corrected chi connectivity index (χ3v) is 4.20. The van der Waals surface area contributed by atoms with Crippen molar-refractivity contribution in [3.05, 3.63) is 41.2 Å². The number of nitrogens with zero attached hydrogens (tertiary/aromatic N) is 1. The summed E-state index contributed by atoms with van der Waals surface area (Å²) in [6.07, 6.45) is 0. The molecule has 146 valence electrons. The first kappa shape index (κ1) is 20.6. The van der Waals surface area contributed by atoms with Crippen LogP contribution < -0.4 is 4.74 Å². The molecule has 1 N–H and O–H groups in total. The number of hydrogen-bond donors (Lipinski definition) is 1. The Morgan fingerprint density at radius 2 is 1.93 bits per heavy atom. The van der Waals surface area contributed by atoms with Crippen molar-refractivity contribution in [2.24, 2.45) is 5.41 Å². The second kappa shape index (κ2) is 7.92. The Hall–Kier alpha value is -2.67. The van der Waals surface area contributed by atoms with Crippen molar-refractivity contribution in [1.82, 2.24) is 4.90 Å². The van der Waals surface area contributed by atoms with E-state index in [-0.39, 0.29) is 24.5 Å². The van der Waals surface area contributed by atoms with Gasteiger partial charge in [-0.3, -0.25) is 14.4 Å². The van der Waals surface area contributed by atoms with Crippen molar-refractivity contribution in [2.75, 3.05) is 20.3 Å². The van der Waals surface area contributed by atoms with Crippen LogP contribution in [0, 0.1) is 5.41 Å². The van der Waals surface area contributed by atoms with Crippen LogP contribution >= 0.6 is 0 Å². The molecule has 7 heteroatoms. The largest absolute Gasteiger partial charge is 0.503 e. The molecule has 0 bridgehead atoms. The minimum Gasteiger partial charge on any atom is -0.503 e. The molecule has 2 rings (SSSR count). The van der Waals surface area contributed by atoms with E-state index in [2.05, 4.69) is 0 Å². The summed E-state index contributed by atoms with van der Waals surface area (Å²) in [4.78, 5) is 38.2. The van der Waals surface area contributed by atoms with Crippen LogP contribution in [0.2, 0.25) is 0 Å². The Bertz CT molecular complexity index is 790. The number of carbonyl (C=O) groups excluding carboxylic acids is 3. The Labute approximate surface area is 158 Å². The molecule has 0 spiro atoms. The molecule has 0 aliphatic carbocycles. The number of Topliss-reactive ketones (excluding diaryl/α,β-unsaturated/α-hetero) is 1. The van der Waals surface area contributed by atoms with E-state index in [0.717, 1.165) is 0 Å². The third-order valence-electron chi connectivity index (χ3n) is 4.20. The number of ketones is 1. The lowest BCUT2D eigenvalue weighted by Crippen LogP contribution is -2.35. The van der Waals surface area contributed by atoms with Gasteiger partial charge in [0.1, 0.15) is 5.75 Å². The molecule has 0 saturated heterocycles. The number of aliphatic hydroxyl groups excluding tert-OH is 1. The fourth-order valence-electron chi connectivity index (χ4n) is 2.97. The van der Waals surface area contributed by atoms with Gasteiger partial charge in [0.05, 0.1) is 18.2 Å². The standard InChI is InChI=1S/C20H25NO6/c1-12(22)27-14-8-6-7-13(11-14)16-15(18(24)20(2,3)4)17(23)19(25)21(16)9-10-26-5/h6-8,11,16,23H,9-10H2,1-5H3. The molecular formula is C20H25NO6. The van der Waals surface area contributed by atoms with Crippen LogP contribution in [0.1, 0.15) is 39.3 Å². The number of amides is 1. The van der Waals surface area contributed by atoms with Crippen LogP contribution in [0.5, 0.6) is 5.75 Å². The molecule has 1 atom stereocenters. The van der Waals surface area contributed by atoms with Crippen molar-refractivity contribution in [3.63, 3.8) is 0 Å². The van der Waals surface area contributed by atoms with Gasteiger partial charge in [-0.25, -0.2) is 0 Å². The summed E-state index contributed by atoms with van der Waals surface area (Å²) >= 11 is 0. The van der Waals surface area contributed by atoms with E-state index in [0.29, 0.717) is 11.3 Å². The van der Waals surface area contributed by atoms with Gasteiger partial charge >= 0.3 is 5.97 Å². The van der Waals surface area contributed by atoms with Crippen molar-refractivity contribution in [3.8, 4) is 5.75 Å². The van der Waals surface area contributed by atoms with E-state index >= 15 is 0 Å². The van der Waals surface area contributed by atoms with Gasteiger partial charge in [0, 0.05) is 26.0 Å². The number of benzene rings is 1. The minimum absolute atomic E-state index is 0.0450. The second-order valence-corrected chi connectivity index (χ2v) is 7.40. The maximum Gasteiger partial charge on any atom is 0.308 e. The number of ether oxygens (including phenoxy) is 2. The first-order valence-electron chi connectivity index (χ1n) is 8.64. The van der Waals surface area contributed by atoms with Crippen LogP contribution in [0.4, 0.5) is 0 Å². The Morgan fingerprint density at radius 1 is 1.26 bits per heavy atom. The van der Waals surface area contributed by atoms with Crippen LogP contribution in [0.25, 0.3) is 0 Å². The highest BCUT2D eigenvalue weighted by atomic mass is 16.5. The normalized spacial score (nSPS) is 17.4. The lowest BCUT2D eigenvalue weighted by Gasteiger charge is -2.28. The maximum absolute atomic E-state index is 13.0. The number of esters is 1. The zero-order chi connectivity index (χ0) is 20.4. The topological polar surface area (TPSA) is 93.1 Å². The van der Waals surface area contributed by atoms with Gasteiger partial charge < -0.3 is 19.5 Å². The zero-order valence-electron chi connectivity index (χ0n) is 16.2. The highest BCUT2D eigenvalue weighted by Gasteiger charge is 2.45. The summed E-state index contributed by atoms with van der Waals surface area (Å²) in [5, 5.41) is 10.4. The Morgan fingerprint density at radius 3 is 2.48 bits per heavy atom. The summed E-state index contributed by atoms with van der Waals surface area (Å²) in [5.41, 5.74) is -0.175. The fourth-order valence-corrected chi connectivity index (χ4v) is 2.97. The van der Waals surface area contributed by atoms with Gasteiger partial charge in [-0.15, -0.1) is 0 Å². The smallest absolute Gasteiger partial charge is 0.308 e. The summed E-state index contributed by atoms with van der Waals surface area (Å²) in [5.74, 6) is -1.67. The molecule has 0 radical (unpaired) electrons. The van der Waals surface area contributed by atoms with E-state index in [9.17, 15) is 19.5 Å². The van der Waals surface area contributed by atoms with Gasteiger partial charge in [-0.1, -0.05) is 32.9 Å². The van der Waals surface area contributed by atoms with Gasteiger partial charge in [0.25, 0.3) is 5.91 Å². The molecular weight excluding hydrogens is 350 g/mol. The number of carbonyl (C=O) groups is 3. The molecule has 0 saturated carbocycles. The van der Waals surface area contributed by atoms with Crippen LogP contribution in [-0.2, 0) is 19.1 Å². The quantitative estimate of drug-likeness (QED) is 0.607. The number of aliphatic hydroxyl groups is 1. The van der Waals surface area contributed by atoms with Crippen LogP contribution in [0.15, 0.2) is 35.6 Å². The number of methoxy groups -OCH3 is 1. The van der Waals surface area contributed by atoms with Gasteiger partial charge in [0.15, 0.2) is 11.5 Å². The van der Waals surface area contributed by atoms with Crippen molar-refractivity contribution < 1.29 is 29.0 Å².